The highest BCUT2D eigenvalue weighted by Gasteiger charge is 2.25. The van der Waals surface area contributed by atoms with Crippen LogP contribution in [0.2, 0.25) is 0 Å². The number of rotatable bonds is 7. The van der Waals surface area contributed by atoms with E-state index in [0.29, 0.717) is 12.0 Å². The van der Waals surface area contributed by atoms with Crippen molar-refractivity contribution in [2.75, 3.05) is 13.6 Å². The molecule has 1 aromatic rings. The Morgan fingerprint density at radius 3 is 2.82 bits per heavy atom. The van der Waals surface area contributed by atoms with Crippen molar-refractivity contribution in [3.8, 4) is 0 Å². The minimum absolute atomic E-state index is 0.595. The molecule has 17 heavy (non-hydrogen) atoms. The Morgan fingerprint density at radius 1 is 1.53 bits per heavy atom. The molecule has 4 heteroatoms. The van der Waals surface area contributed by atoms with Crippen LogP contribution in [0.1, 0.15) is 32.4 Å². The van der Waals surface area contributed by atoms with Crippen LogP contribution in [0.15, 0.2) is 10.9 Å². The minimum atomic E-state index is 0.595. The van der Waals surface area contributed by atoms with E-state index in [1.807, 2.05) is 5.51 Å². The molecule has 1 aliphatic rings. The van der Waals surface area contributed by atoms with Gasteiger partial charge in [0.2, 0.25) is 0 Å². The van der Waals surface area contributed by atoms with Crippen LogP contribution in [-0.4, -0.2) is 35.6 Å². The molecule has 0 aliphatic heterocycles. The maximum atomic E-state index is 4.36. The molecule has 1 aliphatic carbocycles. The summed E-state index contributed by atoms with van der Waals surface area (Å²) in [5, 5.41) is 5.78. The van der Waals surface area contributed by atoms with Crippen molar-refractivity contribution in [1.82, 2.24) is 15.2 Å². The number of nitrogens with one attached hydrogen (secondary N) is 1. The molecule has 1 aromatic heterocycles. The van der Waals surface area contributed by atoms with Gasteiger partial charge in [-0.15, -0.1) is 11.3 Å². The number of likely N-dealkylation sites (N-methyl/N-ethyl adjacent to an activating group) is 1. The van der Waals surface area contributed by atoms with Gasteiger partial charge in [-0.1, -0.05) is 13.8 Å². The molecule has 1 atom stereocenters. The fourth-order valence-corrected chi connectivity index (χ4v) is 2.71. The summed E-state index contributed by atoms with van der Waals surface area (Å²) in [4.78, 5) is 6.79. The highest BCUT2D eigenvalue weighted by atomic mass is 32.1. The van der Waals surface area contributed by atoms with E-state index in [4.69, 9.17) is 0 Å². The second-order valence-corrected chi connectivity index (χ2v) is 6.11. The topological polar surface area (TPSA) is 28.2 Å². The molecule has 96 valence electrons. The zero-order chi connectivity index (χ0) is 12.3. The van der Waals surface area contributed by atoms with Crippen LogP contribution in [0.25, 0.3) is 0 Å². The van der Waals surface area contributed by atoms with Gasteiger partial charge < -0.3 is 5.32 Å². The zero-order valence-electron chi connectivity index (χ0n) is 11.0. The predicted octanol–water partition coefficient (Wildman–Crippen LogP) is 2.35. The van der Waals surface area contributed by atoms with Crippen molar-refractivity contribution in [3.63, 3.8) is 0 Å². The molecule has 1 N–H and O–H groups in total. The summed E-state index contributed by atoms with van der Waals surface area (Å²) in [5.41, 5.74) is 3.10. The van der Waals surface area contributed by atoms with E-state index in [2.05, 4.69) is 41.5 Å². The monoisotopic (exact) mass is 253 g/mol. The summed E-state index contributed by atoms with van der Waals surface area (Å²) in [5.74, 6) is 0.671. The molecule has 1 fully saturated rings. The van der Waals surface area contributed by atoms with Gasteiger partial charge in [0.25, 0.3) is 0 Å². The molecule has 0 saturated heterocycles. The van der Waals surface area contributed by atoms with Gasteiger partial charge >= 0.3 is 0 Å². The fourth-order valence-electron chi connectivity index (χ4n) is 2.16. The van der Waals surface area contributed by atoms with E-state index in [0.717, 1.165) is 19.1 Å². The molecule has 1 heterocycles. The number of aromatic nitrogens is 1. The summed E-state index contributed by atoms with van der Waals surface area (Å²) < 4.78 is 0. The van der Waals surface area contributed by atoms with Crippen LogP contribution in [0.4, 0.5) is 0 Å². The lowest BCUT2D eigenvalue weighted by Gasteiger charge is -2.31. The molecule has 0 aromatic carbocycles. The van der Waals surface area contributed by atoms with E-state index >= 15 is 0 Å². The number of hydrogen-bond acceptors (Lipinski definition) is 4. The van der Waals surface area contributed by atoms with E-state index < -0.39 is 0 Å². The molecular weight excluding hydrogens is 230 g/mol. The van der Waals surface area contributed by atoms with Gasteiger partial charge in [-0.25, -0.2) is 4.98 Å². The van der Waals surface area contributed by atoms with Crippen molar-refractivity contribution in [2.24, 2.45) is 5.92 Å². The van der Waals surface area contributed by atoms with Gasteiger partial charge in [0, 0.05) is 30.6 Å². The first-order valence-electron chi connectivity index (χ1n) is 6.47. The van der Waals surface area contributed by atoms with Gasteiger partial charge in [0.1, 0.15) is 0 Å². The van der Waals surface area contributed by atoms with Gasteiger partial charge in [0.15, 0.2) is 0 Å². The highest BCUT2D eigenvalue weighted by molar-refractivity contribution is 7.07. The lowest BCUT2D eigenvalue weighted by atomic mass is 10.0. The minimum Gasteiger partial charge on any atom is -0.312 e. The van der Waals surface area contributed by atoms with E-state index in [1.165, 1.54) is 18.5 Å². The van der Waals surface area contributed by atoms with Crippen molar-refractivity contribution in [2.45, 2.75) is 45.3 Å². The third kappa shape index (κ3) is 4.05. The van der Waals surface area contributed by atoms with E-state index in [-0.39, 0.29) is 0 Å². The van der Waals surface area contributed by atoms with Crippen LogP contribution < -0.4 is 5.32 Å². The summed E-state index contributed by atoms with van der Waals surface area (Å²) in [6.45, 7) is 6.66. The smallest absolute Gasteiger partial charge is 0.0795 e. The van der Waals surface area contributed by atoms with Crippen molar-refractivity contribution >= 4 is 11.3 Å². The Balaban J connectivity index is 1.84. The van der Waals surface area contributed by atoms with E-state index in [9.17, 15) is 0 Å². The second kappa shape index (κ2) is 5.94. The lowest BCUT2D eigenvalue weighted by molar-refractivity contribution is 0.178. The van der Waals surface area contributed by atoms with Gasteiger partial charge in [0.05, 0.1) is 11.2 Å². The van der Waals surface area contributed by atoms with Crippen LogP contribution in [0, 0.1) is 5.92 Å². The summed E-state index contributed by atoms with van der Waals surface area (Å²) in [7, 11) is 2.21. The number of thiazole rings is 1. The van der Waals surface area contributed by atoms with Gasteiger partial charge in [-0.2, -0.15) is 0 Å². The zero-order valence-corrected chi connectivity index (χ0v) is 11.8. The number of hydrogen-bond donors (Lipinski definition) is 1. The Morgan fingerprint density at radius 2 is 2.29 bits per heavy atom. The molecule has 0 radical (unpaired) electrons. The average molecular weight is 253 g/mol. The second-order valence-electron chi connectivity index (χ2n) is 5.39. The average Bonchev–Trinajstić information content (AvgIpc) is 2.95. The van der Waals surface area contributed by atoms with Crippen molar-refractivity contribution < 1.29 is 0 Å². The Labute approximate surface area is 108 Å². The third-order valence-electron chi connectivity index (χ3n) is 3.42. The lowest BCUT2D eigenvalue weighted by Crippen LogP contribution is -2.43. The van der Waals surface area contributed by atoms with Crippen molar-refractivity contribution in [3.05, 3.63) is 16.6 Å². The van der Waals surface area contributed by atoms with Crippen LogP contribution in [0.5, 0.6) is 0 Å². The first-order chi connectivity index (χ1) is 8.16. The van der Waals surface area contributed by atoms with Crippen LogP contribution in [0.3, 0.4) is 0 Å². The SMILES string of the molecule is CC(C)C(CNC1CC1)N(C)Cc1cscn1. The Kier molecular flexibility index (Phi) is 4.54. The first-order valence-corrected chi connectivity index (χ1v) is 7.41. The first kappa shape index (κ1) is 13.0. The summed E-state index contributed by atoms with van der Waals surface area (Å²) >= 11 is 1.68. The Bertz CT molecular complexity index is 319. The largest absolute Gasteiger partial charge is 0.312 e. The van der Waals surface area contributed by atoms with Gasteiger partial charge in [-0.05, 0) is 25.8 Å². The molecule has 2 rings (SSSR count). The third-order valence-corrected chi connectivity index (χ3v) is 4.06. The number of nitrogens with zero attached hydrogens (tertiary/aromatic N) is 2. The molecule has 0 spiro atoms. The summed E-state index contributed by atoms with van der Waals surface area (Å²) in [6.07, 6.45) is 2.72. The highest BCUT2D eigenvalue weighted by Crippen LogP contribution is 2.20. The molecule has 1 saturated carbocycles. The normalized spacial score (nSPS) is 17.9. The summed E-state index contributed by atoms with van der Waals surface area (Å²) in [6, 6.07) is 1.39. The molecule has 0 amide bonds. The van der Waals surface area contributed by atoms with Crippen molar-refractivity contribution in [1.29, 1.82) is 0 Å². The standard InChI is InChI=1S/C13H23N3S/c1-10(2)13(6-14-11-4-5-11)16(3)7-12-8-17-9-15-12/h8-11,13-14H,4-7H2,1-3H3. The molecule has 0 bridgehead atoms. The Hall–Kier alpha value is -0.450. The maximum Gasteiger partial charge on any atom is 0.0795 e. The van der Waals surface area contributed by atoms with Crippen LogP contribution in [-0.2, 0) is 6.54 Å². The molecule has 1 unspecified atom stereocenters. The fraction of sp³-hybridized carbons (Fsp3) is 0.769. The molecular formula is C13H23N3S. The quantitative estimate of drug-likeness (QED) is 0.808. The predicted molar refractivity (Wildman–Crippen MR) is 73.2 cm³/mol. The van der Waals surface area contributed by atoms with Gasteiger partial charge in [-0.3, -0.25) is 4.90 Å². The maximum absolute atomic E-state index is 4.36. The molecule has 3 nitrogen and oxygen atoms in total. The van der Waals surface area contributed by atoms with Crippen LogP contribution >= 0.6 is 11.3 Å². The van der Waals surface area contributed by atoms with E-state index in [1.54, 1.807) is 11.3 Å².